The maximum absolute atomic E-state index is 12.5. The molecule has 0 spiro atoms. The topological polar surface area (TPSA) is 94.9 Å². The molecule has 8 heteroatoms. The van der Waals surface area contributed by atoms with Gasteiger partial charge in [0.05, 0.1) is 17.9 Å². The second kappa shape index (κ2) is 4.08. The van der Waals surface area contributed by atoms with Crippen LogP contribution in [0.15, 0.2) is 6.33 Å². The molecule has 3 heterocycles. The molecule has 0 aliphatic carbocycles. The molecule has 1 aliphatic heterocycles. The minimum absolute atomic E-state index is 0.116. The van der Waals surface area contributed by atoms with Gasteiger partial charge in [0.25, 0.3) is 5.91 Å². The molecule has 1 aliphatic rings. The molecule has 2 N–H and O–H groups in total. The Balaban J connectivity index is 1.90. The van der Waals surface area contributed by atoms with E-state index in [-0.39, 0.29) is 5.91 Å². The summed E-state index contributed by atoms with van der Waals surface area (Å²) < 4.78 is 3.48. The first kappa shape index (κ1) is 11.7. The van der Waals surface area contributed by atoms with E-state index in [2.05, 4.69) is 15.3 Å². The normalized spacial score (nSPS) is 14.5. The van der Waals surface area contributed by atoms with E-state index in [1.807, 2.05) is 4.57 Å². The van der Waals surface area contributed by atoms with Gasteiger partial charge >= 0.3 is 0 Å². The van der Waals surface area contributed by atoms with Gasteiger partial charge in [-0.05, 0) is 6.92 Å². The number of hydrogen-bond donors (Lipinski definition) is 1. The third kappa shape index (κ3) is 1.76. The quantitative estimate of drug-likeness (QED) is 0.750. The zero-order chi connectivity index (χ0) is 13.6. The number of nitrogens with zero attached hydrogens (tertiary/aromatic N) is 6. The molecule has 0 bridgehead atoms. The second-order valence-electron chi connectivity index (χ2n) is 4.64. The fraction of sp³-hybridized carbons (Fsp3) is 0.455. The fourth-order valence-corrected chi connectivity index (χ4v) is 2.32. The van der Waals surface area contributed by atoms with Crippen molar-refractivity contribution in [3.05, 3.63) is 23.5 Å². The number of hydrogen-bond acceptors (Lipinski definition) is 5. The lowest BCUT2D eigenvalue weighted by Gasteiger charge is -2.27. The van der Waals surface area contributed by atoms with Crippen LogP contribution in [-0.2, 0) is 20.1 Å². The minimum Gasteiger partial charge on any atom is -0.395 e. The molecule has 100 valence electrons. The van der Waals surface area contributed by atoms with Crippen molar-refractivity contribution in [2.75, 3.05) is 12.3 Å². The highest BCUT2D eigenvalue weighted by Gasteiger charge is 2.27. The van der Waals surface area contributed by atoms with Gasteiger partial charge in [-0.2, -0.15) is 5.10 Å². The largest absolute Gasteiger partial charge is 0.395 e. The van der Waals surface area contributed by atoms with Crippen LogP contribution in [0.1, 0.15) is 22.0 Å². The van der Waals surface area contributed by atoms with Gasteiger partial charge in [-0.3, -0.25) is 9.48 Å². The first-order valence-corrected chi connectivity index (χ1v) is 6.03. The minimum atomic E-state index is -0.116. The molecule has 0 saturated carbocycles. The summed E-state index contributed by atoms with van der Waals surface area (Å²) in [5.74, 6) is 0.673. The third-order valence-corrected chi connectivity index (χ3v) is 3.40. The Bertz CT molecular complexity index is 642. The lowest BCUT2D eigenvalue weighted by Crippen LogP contribution is -2.39. The van der Waals surface area contributed by atoms with Gasteiger partial charge in [-0.15, -0.1) is 10.2 Å². The highest BCUT2D eigenvalue weighted by atomic mass is 16.2. The predicted octanol–water partition coefficient (Wildman–Crippen LogP) is -0.442. The lowest BCUT2D eigenvalue weighted by atomic mass is 10.2. The van der Waals surface area contributed by atoms with Crippen molar-refractivity contribution in [1.82, 2.24) is 29.4 Å². The average molecular weight is 261 g/mol. The van der Waals surface area contributed by atoms with E-state index >= 15 is 0 Å². The molecule has 8 nitrogen and oxygen atoms in total. The molecule has 2 aromatic rings. The number of carbonyl (C=O) groups is 1. The molecule has 3 rings (SSSR count). The van der Waals surface area contributed by atoms with Crippen LogP contribution in [0.2, 0.25) is 0 Å². The molecule has 0 saturated heterocycles. The van der Waals surface area contributed by atoms with Crippen LogP contribution in [-0.4, -0.2) is 41.9 Å². The number of amides is 1. The number of aryl methyl sites for hydroxylation is 2. The second-order valence-corrected chi connectivity index (χ2v) is 4.64. The monoisotopic (exact) mass is 261 g/mol. The van der Waals surface area contributed by atoms with Crippen molar-refractivity contribution in [3.8, 4) is 0 Å². The summed E-state index contributed by atoms with van der Waals surface area (Å²) in [6.07, 6.45) is 1.68. The Morgan fingerprint density at radius 3 is 2.89 bits per heavy atom. The number of carbonyl (C=O) groups excluding carboxylic acids is 1. The molecule has 0 unspecified atom stereocenters. The van der Waals surface area contributed by atoms with Gasteiger partial charge in [0.2, 0.25) is 0 Å². The van der Waals surface area contributed by atoms with Crippen molar-refractivity contribution in [3.63, 3.8) is 0 Å². The zero-order valence-corrected chi connectivity index (χ0v) is 10.9. The molecule has 0 radical (unpaired) electrons. The van der Waals surface area contributed by atoms with E-state index in [0.717, 1.165) is 5.82 Å². The van der Waals surface area contributed by atoms with E-state index in [1.54, 1.807) is 25.2 Å². The molecule has 0 fully saturated rings. The summed E-state index contributed by atoms with van der Waals surface area (Å²) in [4.78, 5) is 14.2. The summed E-state index contributed by atoms with van der Waals surface area (Å²) in [6, 6.07) is 0. The maximum Gasteiger partial charge on any atom is 0.274 e. The molecule has 1 amide bonds. The van der Waals surface area contributed by atoms with Crippen LogP contribution < -0.4 is 5.73 Å². The van der Waals surface area contributed by atoms with Gasteiger partial charge in [0.1, 0.15) is 12.0 Å². The predicted molar refractivity (Wildman–Crippen MR) is 67.1 cm³/mol. The van der Waals surface area contributed by atoms with Crippen molar-refractivity contribution < 1.29 is 4.79 Å². The first-order valence-electron chi connectivity index (χ1n) is 6.03. The Kier molecular flexibility index (Phi) is 2.51. The summed E-state index contributed by atoms with van der Waals surface area (Å²) in [5.41, 5.74) is 7.47. The number of aromatic nitrogens is 5. The van der Waals surface area contributed by atoms with E-state index in [1.165, 1.54) is 4.68 Å². The van der Waals surface area contributed by atoms with Gasteiger partial charge in [-0.25, -0.2) is 0 Å². The Labute approximate surface area is 109 Å². The Morgan fingerprint density at radius 2 is 2.21 bits per heavy atom. The molecule has 0 aromatic carbocycles. The maximum atomic E-state index is 12.5. The van der Waals surface area contributed by atoms with Crippen LogP contribution in [0.3, 0.4) is 0 Å². The zero-order valence-electron chi connectivity index (χ0n) is 10.9. The molecule has 0 atom stereocenters. The van der Waals surface area contributed by atoms with Crippen molar-refractivity contribution in [2.45, 2.75) is 20.0 Å². The summed E-state index contributed by atoms with van der Waals surface area (Å²) in [7, 11) is 1.73. The number of nitrogens with two attached hydrogens (primary N) is 1. The van der Waals surface area contributed by atoms with Crippen molar-refractivity contribution in [1.29, 1.82) is 0 Å². The van der Waals surface area contributed by atoms with Crippen LogP contribution >= 0.6 is 0 Å². The van der Waals surface area contributed by atoms with Gasteiger partial charge in [-0.1, -0.05) is 0 Å². The summed E-state index contributed by atoms with van der Waals surface area (Å²) >= 11 is 0. The number of nitrogen functional groups attached to an aromatic ring is 1. The molecular formula is C11H15N7O. The summed E-state index contributed by atoms with van der Waals surface area (Å²) in [6.45, 7) is 3.56. The van der Waals surface area contributed by atoms with Crippen molar-refractivity contribution >= 4 is 11.6 Å². The average Bonchev–Trinajstić information content (AvgIpc) is 2.94. The van der Waals surface area contributed by atoms with Gasteiger partial charge in [0.15, 0.2) is 5.82 Å². The lowest BCUT2D eigenvalue weighted by molar-refractivity contribution is 0.0697. The Morgan fingerprint density at radius 1 is 1.42 bits per heavy atom. The van der Waals surface area contributed by atoms with Crippen LogP contribution in [0, 0.1) is 6.92 Å². The van der Waals surface area contributed by atoms with Gasteiger partial charge in [0, 0.05) is 20.1 Å². The number of rotatable bonds is 1. The van der Waals surface area contributed by atoms with E-state index in [0.29, 0.717) is 36.7 Å². The third-order valence-electron chi connectivity index (χ3n) is 3.40. The van der Waals surface area contributed by atoms with Crippen LogP contribution in [0.5, 0.6) is 0 Å². The SMILES string of the molecule is Cc1nn(C)c(C(=O)N2CCn3cnnc3C2)c1N. The van der Waals surface area contributed by atoms with E-state index < -0.39 is 0 Å². The first-order chi connectivity index (χ1) is 9.08. The standard InChI is InChI=1S/C11H15N7O/c1-7-9(12)10(16(2)15-7)11(19)17-3-4-18-6-13-14-8(18)5-17/h6H,3-5,12H2,1-2H3. The number of anilines is 1. The van der Waals surface area contributed by atoms with Crippen LogP contribution in [0.4, 0.5) is 5.69 Å². The van der Waals surface area contributed by atoms with E-state index in [4.69, 9.17) is 5.73 Å². The Hall–Kier alpha value is -2.38. The summed E-state index contributed by atoms with van der Waals surface area (Å²) in [5, 5.41) is 12.0. The van der Waals surface area contributed by atoms with Gasteiger partial charge < -0.3 is 15.2 Å². The van der Waals surface area contributed by atoms with E-state index in [9.17, 15) is 4.79 Å². The molecule has 19 heavy (non-hydrogen) atoms. The molecule has 2 aromatic heterocycles. The fourth-order valence-electron chi connectivity index (χ4n) is 2.32. The van der Waals surface area contributed by atoms with Crippen LogP contribution in [0.25, 0.3) is 0 Å². The smallest absolute Gasteiger partial charge is 0.274 e. The molecular weight excluding hydrogens is 246 g/mol. The van der Waals surface area contributed by atoms with Crippen molar-refractivity contribution in [2.24, 2.45) is 7.05 Å². The highest BCUT2D eigenvalue weighted by molar-refractivity contribution is 5.97. The number of fused-ring (bicyclic) bond motifs is 1. The highest BCUT2D eigenvalue weighted by Crippen LogP contribution is 2.19.